The lowest BCUT2D eigenvalue weighted by molar-refractivity contribution is -0.120. The summed E-state index contributed by atoms with van der Waals surface area (Å²) in [5.74, 6) is -0.0759. The predicted octanol–water partition coefficient (Wildman–Crippen LogP) is 2.22. The van der Waals surface area contributed by atoms with Gasteiger partial charge < -0.3 is 15.4 Å². The van der Waals surface area contributed by atoms with Crippen LogP contribution in [0.25, 0.3) is 11.1 Å². The Bertz CT molecular complexity index is 670. The fourth-order valence-corrected chi connectivity index (χ4v) is 2.89. The first kappa shape index (κ1) is 14.8. The molecule has 1 aliphatic rings. The molecule has 2 aromatic carbocycles. The van der Waals surface area contributed by atoms with Gasteiger partial charge in [-0.15, -0.1) is 0 Å². The average molecular weight is 296 g/mol. The van der Waals surface area contributed by atoms with Crippen LogP contribution in [-0.2, 0) is 16.0 Å². The minimum atomic E-state index is -0.607. The smallest absolute Gasteiger partial charge is 0.246 e. The topological polar surface area (TPSA) is 55.6 Å². The number of anilines is 1. The van der Waals surface area contributed by atoms with Crippen molar-refractivity contribution in [3.63, 3.8) is 0 Å². The predicted molar refractivity (Wildman–Crippen MR) is 87.8 cm³/mol. The van der Waals surface area contributed by atoms with E-state index in [-0.39, 0.29) is 12.5 Å². The lowest BCUT2D eigenvalue weighted by Crippen LogP contribution is -2.45. The molecular weight excluding hydrogens is 276 g/mol. The number of ether oxygens (including phenoxy) is 1. The normalized spacial score (nSPS) is 14.7. The molecule has 22 heavy (non-hydrogen) atoms. The van der Waals surface area contributed by atoms with Crippen molar-refractivity contribution in [3.8, 4) is 11.1 Å². The van der Waals surface area contributed by atoms with Crippen LogP contribution in [0.3, 0.4) is 0 Å². The molecule has 0 saturated heterocycles. The first-order valence-electron chi connectivity index (χ1n) is 7.45. The Morgan fingerprint density at radius 3 is 2.73 bits per heavy atom. The molecule has 0 spiro atoms. The summed E-state index contributed by atoms with van der Waals surface area (Å²) >= 11 is 0. The van der Waals surface area contributed by atoms with Crippen molar-refractivity contribution in [2.75, 3.05) is 25.2 Å². The molecule has 0 radical (unpaired) electrons. The van der Waals surface area contributed by atoms with E-state index in [1.807, 2.05) is 24.3 Å². The molecule has 0 aromatic heterocycles. The SMILES string of the molecule is COCC(N)C(=O)N1CCc2cc(-c3ccccc3)ccc21. The minimum absolute atomic E-state index is 0.0759. The minimum Gasteiger partial charge on any atom is -0.383 e. The number of benzene rings is 2. The molecule has 0 bridgehead atoms. The van der Waals surface area contributed by atoms with Crippen molar-refractivity contribution in [2.24, 2.45) is 5.73 Å². The molecule has 1 unspecified atom stereocenters. The number of hydrogen-bond donors (Lipinski definition) is 1. The quantitative estimate of drug-likeness (QED) is 0.941. The molecule has 1 amide bonds. The van der Waals surface area contributed by atoms with E-state index in [0.717, 1.165) is 12.1 Å². The van der Waals surface area contributed by atoms with Gasteiger partial charge in [-0.25, -0.2) is 0 Å². The third-order valence-corrected chi connectivity index (χ3v) is 4.01. The number of amides is 1. The first-order valence-corrected chi connectivity index (χ1v) is 7.45. The van der Waals surface area contributed by atoms with Gasteiger partial charge in [0.15, 0.2) is 0 Å². The lowest BCUT2D eigenvalue weighted by Gasteiger charge is -2.21. The number of nitrogens with zero attached hydrogens (tertiary/aromatic N) is 1. The fraction of sp³-hybridized carbons (Fsp3) is 0.278. The van der Waals surface area contributed by atoms with Crippen LogP contribution in [0.4, 0.5) is 5.69 Å². The summed E-state index contributed by atoms with van der Waals surface area (Å²) in [4.78, 5) is 14.1. The summed E-state index contributed by atoms with van der Waals surface area (Å²) < 4.78 is 4.98. The third-order valence-electron chi connectivity index (χ3n) is 4.01. The van der Waals surface area contributed by atoms with Crippen LogP contribution in [0.2, 0.25) is 0 Å². The second kappa shape index (κ2) is 6.30. The maximum atomic E-state index is 12.4. The van der Waals surface area contributed by atoms with E-state index in [1.54, 1.807) is 12.0 Å². The average Bonchev–Trinajstić information content (AvgIpc) is 2.98. The summed E-state index contributed by atoms with van der Waals surface area (Å²) in [5.41, 5.74) is 10.4. The van der Waals surface area contributed by atoms with Crippen molar-refractivity contribution in [2.45, 2.75) is 12.5 Å². The largest absolute Gasteiger partial charge is 0.383 e. The van der Waals surface area contributed by atoms with E-state index in [9.17, 15) is 4.79 Å². The third kappa shape index (κ3) is 2.75. The Balaban J connectivity index is 1.86. The molecule has 0 saturated carbocycles. The molecule has 2 N–H and O–H groups in total. The van der Waals surface area contributed by atoms with Crippen LogP contribution in [0.15, 0.2) is 48.5 Å². The van der Waals surface area contributed by atoms with Crippen molar-refractivity contribution in [3.05, 3.63) is 54.1 Å². The maximum Gasteiger partial charge on any atom is 0.246 e. The van der Waals surface area contributed by atoms with Gasteiger partial charge in [-0.1, -0.05) is 36.4 Å². The summed E-state index contributed by atoms with van der Waals surface area (Å²) in [5, 5.41) is 0. The first-order chi connectivity index (χ1) is 10.7. The molecule has 114 valence electrons. The number of methoxy groups -OCH3 is 1. The molecule has 1 aliphatic heterocycles. The van der Waals surface area contributed by atoms with Gasteiger partial charge in [-0.2, -0.15) is 0 Å². The molecular formula is C18H20N2O2. The van der Waals surface area contributed by atoms with E-state index in [4.69, 9.17) is 10.5 Å². The fourth-order valence-electron chi connectivity index (χ4n) is 2.89. The number of carbonyl (C=O) groups is 1. The zero-order valence-corrected chi connectivity index (χ0v) is 12.7. The van der Waals surface area contributed by atoms with Crippen LogP contribution in [0, 0.1) is 0 Å². The van der Waals surface area contributed by atoms with Crippen LogP contribution < -0.4 is 10.6 Å². The number of rotatable bonds is 4. The number of nitrogens with two attached hydrogens (primary N) is 1. The van der Waals surface area contributed by atoms with Crippen LogP contribution >= 0.6 is 0 Å². The molecule has 0 aliphatic carbocycles. The Labute approximate surface area is 130 Å². The van der Waals surface area contributed by atoms with Gasteiger partial charge in [0.25, 0.3) is 0 Å². The Morgan fingerprint density at radius 2 is 2.00 bits per heavy atom. The van der Waals surface area contributed by atoms with Gasteiger partial charge in [0.2, 0.25) is 5.91 Å². The Kier molecular flexibility index (Phi) is 4.22. The van der Waals surface area contributed by atoms with Crippen LogP contribution in [-0.4, -0.2) is 32.2 Å². The second-order valence-electron chi connectivity index (χ2n) is 5.51. The van der Waals surface area contributed by atoms with E-state index >= 15 is 0 Å². The van der Waals surface area contributed by atoms with Gasteiger partial charge in [-0.3, -0.25) is 4.79 Å². The highest BCUT2D eigenvalue weighted by atomic mass is 16.5. The van der Waals surface area contributed by atoms with Crippen molar-refractivity contribution < 1.29 is 9.53 Å². The van der Waals surface area contributed by atoms with Crippen molar-refractivity contribution in [1.82, 2.24) is 0 Å². The highest BCUT2D eigenvalue weighted by molar-refractivity contribution is 5.99. The zero-order chi connectivity index (χ0) is 15.5. The Morgan fingerprint density at radius 1 is 1.23 bits per heavy atom. The van der Waals surface area contributed by atoms with Crippen molar-refractivity contribution in [1.29, 1.82) is 0 Å². The van der Waals surface area contributed by atoms with E-state index in [2.05, 4.69) is 24.3 Å². The van der Waals surface area contributed by atoms with E-state index in [0.29, 0.717) is 6.54 Å². The highest BCUT2D eigenvalue weighted by Gasteiger charge is 2.28. The van der Waals surface area contributed by atoms with E-state index < -0.39 is 6.04 Å². The van der Waals surface area contributed by atoms with Crippen LogP contribution in [0.1, 0.15) is 5.56 Å². The second-order valence-corrected chi connectivity index (χ2v) is 5.51. The molecule has 4 heteroatoms. The summed E-state index contributed by atoms with van der Waals surface area (Å²) in [6, 6.07) is 15.9. The maximum absolute atomic E-state index is 12.4. The number of carbonyl (C=O) groups excluding carboxylic acids is 1. The van der Waals surface area contributed by atoms with Gasteiger partial charge in [-0.05, 0) is 35.2 Å². The summed E-state index contributed by atoms with van der Waals surface area (Å²) in [7, 11) is 1.55. The summed E-state index contributed by atoms with van der Waals surface area (Å²) in [6.07, 6.45) is 0.863. The Hall–Kier alpha value is -2.17. The molecule has 1 atom stereocenters. The van der Waals surface area contributed by atoms with Crippen molar-refractivity contribution >= 4 is 11.6 Å². The van der Waals surface area contributed by atoms with E-state index in [1.165, 1.54) is 16.7 Å². The van der Waals surface area contributed by atoms with Gasteiger partial charge in [0, 0.05) is 19.3 Å². The van der Waals surface area contributed by atoms with Crippen LogP contribution in [0.5, 0.6) is 0 Å². The zero-order valence-electron chi connectivity index (χ0n) is 12.7. The number of hydrogen-bond acceptors (Lipinski definition) is 3. The highest BCUT2D eigenvalue weighted by Crippen LogP contribution is 2.32. The molecule has 4 nitrogen and oxygen atoms in total. The summed E-state index contributed by atoms with van der Waals surface area (Å²) in [6.45, 7) is 0.927. The molecule has 1 heterocycles. The van der Waals surface area contributed by atoms with Gasteiger partial charge in [0.05, 0.1) is 6.61 Å². The monoisotopic (exact) mass is 296 g/mol. The van der Waals surface area contributed by atoms with Gasteiger partial charge in [0.1, 0.15) is 6.04 Å². The molecule has 3 rings (SSSR count). The molecule has 2 aromatic rings. The standard InChI is InChI=1S/C18H20N2O2/c1-22-12-16(19)18(21)20-10-9-15-11-14(7-8-17(15)20)13-5-3-2-4-6-13/h2-8,11,16H,9-10,12,19H2,1H3. The molecule has 0 fully saturated rings. The lowest BCUT2D eigenvalue weighted by atomic mass is 10.0. The van der Waals surface area contributed by atoms with Gasteiger partial charge >= 0.3 is 0 Å². The number of fused-ring (bicyclic) bond motifs is 1.